The molecule has 0 aliphatic carbocycles. The van der Waals surface area contributed by atoms with Crippen LogP contribution < -0.4 is 10.0 Å². The number of likely N-dealkylation sites (N-methyl/N-ethyl adjacent to an activating group) is 1. The lowest BCUT2D eigenvalue weighted by atomic mass is 10.3. The number of carbonyl (C=O) groups is 2. The fourth-order valence-electron chi connectivity index (χ4n) is 1.83. The molecule has 0 spiro atoms. The number of amides is 2. The van der Waals surface area contributed by atoms with Crippen LogP contribution in [0.4, 0.5) is 5.69 Å². The molecule has 0 unspecified atom stereocenters. The number of aromatic nitrogens is 1. The molecule has 2 rings (SSSR count). The summed E-state index contributed by atoms with van der Waals surface area (Å²) in [5.74, 6) is -0.432. The van der Waals surface area contributed by atoms with E-state index in [9.17, 15) is 14.8 Å². The van der Waals surface area contributed by atoms with E-state index in [0.717, 1.165) is 16.2 Å². The normalized spacial score (nSPS) is 10.2. The maximum absolute atomic E-state index is 12.1. The Balaban J connectivity index is 1.84. The molecule has 0 saturated carbocycles. The van der Waals surface area contributed by atoms with Crippen molar-refractivity contribution in [3.63, 3.8) is 0 Å². The van der Waals surface area contributed by atoms with Crippen molar-refractivity contribution in [2.45, 2.75) is 5.03 Å². The van der Waals surface area contributed by atoms with E-state index in [0.29, 0.717) is 15.4 Å². The van der Waals surface area contributed by atoms with Crippen molar-refractivity contribution in [2.24, 2.45) is 0 Å². The molecule has 6 nitrogen and oxygen atoms in total. The van der Waals surface area contributed by atoms with E-state index >= 15 is 0 Å². The van der Waals surface area contributed by atoms with Crippen LogP contribution in [0.15, 0.2) is 58.2 Å². The van der Waals surface area contributed by atoms with Gasteiger partial charge in [-0.05, 0) is 45.9 Å². The summed E-state index contributed by atoms with van der Waals surface area (Å²) < 4.78 is 1.48. The van der Waals surface area contributed by atoms with Crippen LogP contribution in [0.5, 0.6) is 0 Å². The largest absolute Gasteiger partial charge is 0.618 e. The van der Waals surface area contributed by atoms with Crippen LogP contribution in [0.3, 0.4) is 0 Å². The fourth-order valence-corrected chi connectivity index (χ4v) is 3.06. The van der Waals surface area contributed by atoms with Gasteiger partial charge >= 0.3 is 0 Å². The zero-order chi connectivity index (χ0) is 17.5. The molecule has 0 atom stereocenters. The van der Waals surface area contributed by atoms with E-state index < -0.39 is 0 Å². The first-order valence-electron chi connectivity index (χ1n) is 7.06. The Morgan fingerprint density at radius 3 is 2.67 bits per heavy atom. The molecule has 8 heteroatoms. The van der Waals surface area contributed by atoms with Crippen LogP contribution in [0, 0.1) is 5.21 Å². The zero-order valence-corrected chi connectivity index (χ0v) is 15.3. The third-order valence-electron chi connectivity index (χ3n) is 3.09. The molecule has 1 aromatic heterocycles. The summed E-state index contributed by atoms with van der Waals surface area (Å²) in [7, 11) is 1.55. The first-order chi connectivity index (χ1) is 11.5. The molecule has 1 N–H and O–H groups in total. The Morgan fingerprint density at radius 2 is 1.96 bits per heavy atom. The van der Waals surface area contributed by atoms with Gasteiger partial charge in [0.25, 0.3) is 5.03 Å². The van der Waals surface area contributed by atoms with E-state index in [4.69, 9.17) is 0 Å². The number of hydrogen-bond donors (Lipinski definition) is 1. The van der Waals surface area contributed by atoms with Gasteiger partial charge in [0.1, 0.15) is 0 Å². The number of halogens is 1. The van der Waals surface area contributed by atoms with Crippen molar-refractivity contribution in [3.05, 3.63) is 58.3 Å². The molecule has 1 aromatic carbocycles. The Bertz CT molecular complexity index is 742. The van der Waals surface area contributed by atoms with Crippen molar-refractivity contribution in [3.8, 4) is 0 Å². The number of rotatable bonds is 6. The highest BCUT2D eigenvalue weighted by Gasteiger charge is 2.16. The van der Waals surface area contributed by atoms with Crippen LogP contribution in [-0.4, -0.2) is 36.1 Å². The number of thioether (sulfide) groups is 1. The monoisotopic (exact) mass is 409 g/mol. The van der Waals surface area contributed by atoms with Crippen molar-refractivity contribution in [1.29, 1.82) is 0 Å². The molecule has 2 amide bonds. The minimum atomic E-state index is -0.290. The number of nitrogens with zero attached hydrogens (tertiary/aromatic N) is 2. The van der Waals surface area contributed by atoms with Crippen LogP contribution in [0.25, 0.3) is 0 Å². The summed E-state index contributed by atoms with van der Waals surface area (Å²) >= 11 is 4.48. The lowest BCUT2D eigenvalue weighted by Crippen LogP contribution is -2.36. The van der Waals surface area contributed by atoms with Crippen molar-refractivity contribution in [1.82, 2.24) is 4.90 Å². The van der Waals surface area contributed by atoms with E-state index in [1.807, 2.05) is 18.2 Å². The van der Waals surface area contributed by atoms with Gasteiger partial charge in [-0.1, -0.05) is 12.1 Å². The predicted molar refractivity (Wildman–Crippen MR) is 96.5 cm³/mol. The Morgan fingerprint density at radius 1 is 1.25 bits per heavy atom. The highest BCUT2D eigenvalue weighted by Crippen LogP contribution is 2.21. The third-order valence-corrected chi connectivity index (χ3v) is 4.78. The second-order valence-electron chi connectivity index (χ2n) is 4.93. The van der Waals surface area contributed by atoms with Crippen LogP contribution in [0.2, 0.25) is 0 Å². The molecule has 0 radical (unpaired) electrons. The van der Waals surface area contributed by atoms with E-state index in [1.54, 1.807) is 31.3 Å². The first-order valence-corrected chi connectivity index (χ1v) is 8.84. The standard InChI is InChI=1S/C16H16BrN3O3S/c1-19(10-14(21)18-13-7-3-2-6-12(13)17)15(22)11-24-16-8-4-5-9-20(16)23/h2-9H,10-11H2,1H3,(H,18,21). The van der Waals surface area contributed by atoms with Crippen LogP contribution in [-0.2, 0) is 9.59 Å². The molecule has 126 valence electrons. The Kier molecular flexibility index (Phi) is 6.62. The van der Waals surface area contributed by atoms with E-state index in [-0.39, 0.29) is 24.1 Å². The molecule has 0 aliphatic rings. The summed E-state index contributed by atoms with van der Waals surface area (Å²) in [5, 5.41) is 14.7. The minimum Gasteiger partial charge on any atom is -0.618 e. The maximum Gasteiger partial charge on any atom is 0.251 e. The second-order valence-corrected chi connectivity index (χ2v) is 6.78. The molecule has 2 aromatic rings. The van der Waals surface area contributed by atoms with Gasteiger partial charge in [-0.2, -0.15) is 4.73 Å². The number of pyridine rings is 1. The van der Waals surface area contributed by atoms with Gasteiger partial charge in [-0.15, -0.1) is 0 Å². The van der Waals surface area contributed by atoms with Crippen molar-refractivity contribution >= 4 is 45.2 Å². The molecular weight excluding hydrogens is 394 g/mol. The average Bonchev–Trinajstić information content (AvgIpc) is 2.56. The maximum atomic E-state index is 12.1. The first kappa shape index (κ1) is 18.3. The van der Waals surface area contributed by atoms with Crippen molar-refractivity contribution in [2.75, 3.05) is 24.7 Å². The Hall–Kier alpha value is -2.06. The van der Waals surface area contributed by atoms with Crippen molar-refractivity contribution < 1.29 is 14.3 Å². The van der Waals surface area contributed by atoms with Gasteiger partial charge in [0.2, 0.25) is 11.8 Å². The number of anilines is 1. The lowest BCUT2D eigenvalue weighted by molar-refractivity contribution is -0.645. The SMILES string of the molecule is CN(CC(=O)Nc1ccccc1Br)C(=O)CSc1cccc[n+]1[O-]. The van der Waals surface area contributed by atoms with Gasteiger partial charge in [0.05, 0.1) is 18.0 Å². The summed E-state index contributed by atoms with van der Waals surface area (Å²) in [5.41, 5.74) is 0.648. The molecule has 0 saturated heterocycles. The number of para-hydroxylation sites is 1. The molecular formula is C16H16BrN3O3S. The van der Waals surface area contributed by atoms with Gasteiger partial charge in [0.15, 0.2) is 6.20 Å². The summed E-state index contributed by atoms with van der Waals surface area (Å²) in [6, 6.07) is 12.2. The molecule has 0 fully saturated rings. The fraction of sp³-hybridized carbons (Fsp3) is 0.188. The average molecular weight is 410 g/mol. The molecule has 24 heavy (non-hydrogen) atoms. The number of benzene rings is 1. The van der Waals surface area contributed by atoms with E-state index in [1.165, 1.54) is 11.1 Å². The number of nitrogens with one attached hydrogen (secondary N) is 1. The smallest absolute Gasteiger partial charge is 0.251 e. The van der Waals surface area contributed by atoms with Gasteiger partial charge in [-0.3, -0.25) is 9.59 Å². The highest BCUT2D eigenvalue weighted by molar-refractivity contribution is 9.10. The molecule has 1 heterocycles. The lowest BCUT2D eigenvalue weighted by Gasteiger charge is -2.16. The minimum absolute atomic E-state index is 0.0626. The quantitative estimate of drug-likeness (QED) is 0.451. The van der Waals surface area contributed by atoms with Gasteiger partial charge in [-0.25, -0.2) is 0 Å². The van der Waals surface area contributed by atoms with Gasteiger partial charge in [0, 0.05) is 23.7 Å². The predicted octanol–water partition coefficient (Wildman–Crippen LogP) is 2.27. The van der Waals surface area contributed by atoms with Crippen LogP contribution in [0.1, 0.15) is 0 Å². The second kappa shape index (κ2) is 8.70. The third kappa shape index (κ3) is 5.24. The van der Waals surface area contributed by atoms with Crippen LogP contribution >= 0.6 is 27.7 Å². The van der Waals surface area contributed by atoms with Gasteiger partial charge < -0.3 is 15.4 Å². The summed E-state index contributed by atoms with van der Waals surface area (Å²) in [4.78, 5) is 25.4. The Labute approximate surface area is 152 Å². The summed E-state index contributed by atoms with van der Waals surface area (Å²) in [6.45, 7) is -0.0626. The van der Waals surface area contributed by atoms with E-state index in [2.05, 4.69) is 21.2 Å². The highest BCUT2D eigenvalue weighted by atomic mass is 79.9. The number of hydrogen-bond acceptors (Lipinski definition) is 4. The molecule has 0 bridgehead atoms. The number of carbonyl (C=O) groups excluding carboxylic acids is 2. The summed E-state index contributed by atoms with van der Waals surface area (Å²) in [6.07, 6.45) is 1.38. The topological polar surface area (TPSA) is 76.4 Å². The zero-order valence-electron chi connectivity index (χ0n) is 12.9. The molecule has 0 aliphatic heterocycles.